The second-order valence-electron chi connectivity index (χ2n) is 4.83. The summed E-state index contributed by atoms with van der Waals surface area (Å²) in [7, 11) is 0. The van der Waals surface area contributed by atoms with Crippen molar-refractivity contribution in [2.24, 2.45) is 0 Å². The lowest BCUT2D eigenvalue weighted by molar-refractivity contribution is -0.790. The lowest BCUT2D eigenvalue weighted by Gasteiger charge is -2.18. The van der Waals surface area contributed by atoms with Crippen LogP contribution >= 0.6 is 0 Å². The van der Waals surface area contributed by atoms with E-state index in [0.717, 1.165) is 0 Å². The molecule has 1 unspecified atom stereocenters. The van der Waals surface area contributed by atoms with Crippen molar-refractivity contribution in [3.05, 3.63) is 20.2 Å². The monoisotopic (exact) mass is 324 g/mol. The molecular weight excluding hydrogens is 308 g/mol. The Balaban J connectivity index is 1.73. The lowest BCUT2D eigenvalue weighted by Crippen LogP contribution is -2.34. The van der Waals surface area contributed by atoms with Crippen LogP contribution in [-0.4, -0.2) is 72.2 Å². The van der Waals surface area contributed by atoms with Crippen molar-refractivity contribution >= 4 is 0 Å². The zero-order valence-electron chi connectivity index (χ0n) is 11.4. The largest absolute Gasteiger partial charge is 0.388 e. The fourth-order valence-electron chi connectivity index (χ4n) is 2.37. The summed E-state index contributed by atoms with van der Waals surface area (Å²) in [5, 5.41) is 27.9. The molecule has 0 spiro atoms. The lowest BCUT2D eigenvalue weighted by atomic mass is 10.1. The predicted molar refractivity (Wildman–Crippen MR) is 64.7 cm³/mol. The van der Waals surface area contributed by atoms with Crippen molar-refractivity contribution in [2.75, 3.05) is 26.4 Å². The number of nitrogens with zero attached hydrogens (tertiary/aromatic N) is 2. The second kappa shape index (κ2) is 7.49. The minimum atomic E-state index is -1.12. The summed E-state index contributed by atoms with van der Waals surface area (Å²) in [6.07, 6.45) is -3.03. The molecule has 0 bridgehead atoms. The summed E-state index contributed by atoms with van der Waals surface area (Å²) in [5.74, 6) is 0. The van der Waals surface area contributed by atoms with E-state index in [4.69, 9.17) is 14.2 Å². The smallest absolute Gasteiger partial charge is 0.294 e. The first-order valence-electron chi connectivity index (χ1n) is 6.58. The van der Waals surface area contributed by atoms with Gasteiger partial charge in [0, 0.05) is 6.61 Å². The average Bonchev–Trinajstić information content (AvgIpc) is 2.99. The SMILES string of the molecule is O=[N+]([O-])OCC(CCO[C@@H]1CO[C@H]2[C@@H]1OC[C@H]2O)O[N+](=O)[O-]. The summed E-state index contributed by atoms with van der Waals surface area (Å²) in [6, 6.07) is 0. The number of hydrogen-bond donors (Lipinski definition) is 1. The van der Waals surface area contributed by atoms with Crippen LogP contribution in [0.2, 0.25) is 0 Å². The fourth-order valence-corrected chi connectivity index (χ4v) is 2.37. The van der Waals surface area contributed by atoms with E-state index >= 15 is 0 Å². The van der Waals surface area contributed by atoms with E-state index < -0.39 is 41.2 Å². The molecule has 126 valence electrons. The van der Waals surface area contributed by atoms with Gasteiger partial charge < -0.3 is 29.0 Å². The third-order valence-corrected chi connectivity index (χ3v) is 3.35. The normalized spacial score (nSPS) is 31.5. The fraction of sp³-hybridized carbons (Fsp3) is 1.00. The number of ether oxygens (including phenoxy) is 3. The van der Waals surface area contributed by atoms with Crippen molar-refractivity contribution in [3.8, 4) is 0 Å². The first kappa shape index (κ1) is 16.6. The van der Waals surface area contributed by atoms with E-state index in [-0.39, 0.29) is 32.3 Å². The second-order valence-corrected chi connectivity index (χ2v) is 4.83. The maximum atomic E-state index is 10.3. The van der Waals surface area contributed by atoms with Crippen LogP contribution in [0.1, 0.15) is 6.42 Å². The molecule has 0 amide bonds. The third kappa shape index (κ3) is 4.37. The minimum absolute atomic E-state index is 0.0191. The molecule has 2 heterocycles. The highest BCUT2D eigenvalue weighted by Gasteiger charge is 2.47. The molecule has 0 radical (unpaired) electrons. The van der Waals surface area contributed by atoms with Gasteiger partial charge in [0.1, 0.15) is 37.1 Å². The van der Waals surface area contributed by atoms with Crippen LogP contribution < -0.4 is 0 Å². The Labute approximate surface area is 124 Å². The van der Waals surface area contributed by atoms with Gasteiger partial charge >= 0.3 is 0 Å². The molecule has 12 heteroatoms. The third-order valence-electron chi connectivity index (χ3n) is 3.35. The summed E-state index contributed by atoms with van der Waals surface area (Å²) in [5.41, 5.74) is 0. The molecule has 22 heavy (non-hydrogen) atoms. The Hall–Kier alpha value is -1.76. The maximum absolute atomic E-state index is 10.3. The van der Waals surface area contributed by atoms with Crippen molar-refractivity contribution < 1.29 is 39.2 Å². The van der Waals surface area contributed by atoms with Crippen LogP contribution in [0.4, 0.5) is 0 Å². The van der Waals surface area contributed by atoms with Crippen LogP contribution in [-0.2, 0) is 23.9 Å². The zero-order valence-corrected chi connectivity index (χ0v) is 11.4. The molecule has 0 aromatic carbocycles. The highest BCUT2D eigenvalue weighted by Crippen LogP contribution is 2.28. The number of fused-ring (bicyclic) bond motifs is 1. The van der Waals surface area contributed by atoms with Crippen LogP contribution in [0.5, 0.6) is 0 Å². The molecule has 0 aliphatic carbocycles. The molecule has 2 rings (SSSR count). The Morgan fingerprint density at radius 1 is 1.18 bits per heavy atom. The van der Waals surface area contributed by atoms with Crippen molar-refractivity contribution in [2.45, 2.75) is 36.9 Å². The summed E-state index contributed by atoms with van der Waals surface area (Å²) >= 11 is 0. The Kier molecular flexibility index (Phi) is 5.65. The van der Waals surface area contributed by atoms with Gasteiger partial charge in [-0.15, -0.1) is 20.2 Å². The summed E-state index contributed by atoms with van der Waals surface area (Å²) in [6.45, 7) is -0.131. The molecule has 2 saturated heterocycles. The average molecular weight is 324 g/mol. The van der Waals surface area contributed by atoms with E-state index in [1.807, 2.05) is 0 Å². The molecule has 2 aliphatic rings. The predicted octanol–water partition coefficient (Wildman–Crippen LogP) is -1.29. The molecule has 0 aromatic rings. The van der Waals surface area contributed by atoms with Crippen molar-refractivity contribution in [1.82, 2.24) is 0 Å². The van der Waals surface area contributed by atoms with E-state index in [1.165, 1.54) is 0 Å². The molecular formula is C10H16N2O10. The van der Waals surface area contributed by atoms with Gasteiger partial charge in [0.05, 0.1) is 13.2 Å². The van der Waals surface area contributed by atoms with Gasteiger partial charge in [0.2, 0.25) is 0 Å². The molecule has 5 atom stereocenters. The van der Waals surface area contributed by atoms with Crippen LogP contribution in [0.15, 0.2) is 0 Å². The van der Waals surface area contributed by atoms with Crippen molar-refractivity contribution in [3.63, 3.8) is 0 Å². The molecule has 0 saturated carbocycles. The quantitative estimate of drug-likeness (QED) is 0.400. The van der Waals surface area contributed by atoms with Gasteiger partial charge in [0.25, 0.3) is 10.2 Å². The van der Waals surface area contributed by atoms with Crippen molar-refractivity contribution in [1.29, 1.82) is 0 Å². The minimum Gasteiger partial charge on any atom is -0.388 e. The standard InChI is InChI=1S/C10H16N2O10/c13-7-4-19-10-8(5-20-9(7)10)18-2-1-6(22-12(16)17)3-21-11(14)15/h6-10,13H,1-5H2/t6?,7-,8-,9-,10-/m1/s1. The number of aliphatic hydroxyl groups is 1. The number of aliphatic hydroxyl groups excluding tert-OH is 1. The van der Waals surface area contributed by atoms with Gasteiger partial charge in [0.15, 0.2) is 0 Å². The highest BCUT2D eigenvalue weighted by molar-refractivity contribution is 4.94. The summed E-state index contributed by atoms with van der Waals surface area (Å²) in [4.78, 5) is 28.8. The van der Waals surface area contributed by atoms with E-state index in [1.54, 1.807) is 0 Å². The van der Waals surface area contributed by atoms with E-state index in [2.05, 4.69) is 9.68 Å². The van der Waals surface area contributed by atoms with E-state index in [0.29, 0.717) is 0 Å². The zero-order chi connectivity index (χ0) is 16.1. The van der Waals surface area contributed by atoms with Crippen LogP contribution in [0.3, 0.4) is 0 Å². The highest BCUT2D eigenvalue weighted by atomic mass is 17.0. The number of rotatable bonds is 9. The first-order chi connectivity index (χ1) is 10.5. The van der Waals surface area contributed by atoms with Gasteiger partial charge in [-0.05, 0) is 6.42 Å². The summed E-state index contributed by atoms with van der Waals surface area (Å²) < 4.78 is 16.2. The Morgan fingerprint density at radius 2 is 1.91 bits per heavy atom. The Morgan fingerprint density at radius 3 is 2.59 bits per heavy atom. The van der Waals surface area contributed by atoms with Gasteiger partial charge in [-0.1, -0.05) is 0 Å². The van der Waals surface area contributed by atoms with Gasteiger partial charge in [-0.3, -0.25) is 0 Å². The molecule has 2 fully saturated rings. The molecule has 1 N–H and O–H groups in total. The topological polar surface area (TPSA) is 153 Å². The maximum Gasteiger partial charge on any atom is 0.294 e. The van der Waals surface area contributed by atoms with E-state index in [9.17, 15) is 25.3 Å². The van der Waals surface area contributed by atoms with Crippen LogP contribution in [0.25, 0.3) is 0 Å². The number of hydrogen-bond acceptors (Lipinski definition) is 10. The molecule has 0 aromatic heterocycles. The van der Waals surface area contributed by atoms with Gasteiger partial charge in [-0.2, -0.15) is 0 Å². The van der Waals surface area contributed by atoms with Gasteiger partial charge in [-0.25, -0.2) is 0 Å². The Bertz CT molecular complexity index is 407. The molecule has 12 nitrogen and oxygen atoms in total. The van der Waals surface area contributed by atoms with Crippen LogP contribution in [0, 0.1) is 20.2 Å². The first-order valence-corrected chi connectivity index (χ1v) is 6.58. The molecule has 2 aliphatic heterocycles.